The first-order valence-electron chi connectivity index (χ1n) is 8.60. The van der Waals surface area contributed by atoms with Crippen LogP contribution in [0.3, 0.4) is 0 Å². The maximum atomic E-state index is 13.9. The third kappa shape index (κ3) is 3.73. The first kappa shape index (κ1) is 17.7. The zero-order valence-corrected chi connectivity index (χ0v) is 15.2. The Balaban J connectivity index is 1.52. The molecular weight excluding hydrogens is 372 g/mol. The van der Waals surface area contributed by atoms with Gasteiger partial charge in [0.15, 0.2) is 11.5 Å². The van der Waals surface area contributed by atoms with Gasteiger partial charge in [0.2, 0.25) is 0 Å². The average Bonchev–Trinajstić information content (AvgIpc) is 3.34. The summed E-state index contributed by atoms with van der Waals surface area (Å²) in [6.45, 7) is 1.56. The summed E-state index contributed by atoms with van der Waals surface area (Å²) in [7, 11) is 0. The molecular formula is C18H17F2N5OS. The van der Waals surface area contributed by atoms with Gasteiger partial charge in [-0.3, -0.25) is 4.79 Å². The average molecular weight is 389 g/mol. The fourth-order valence-corrected chi connectivity index (χ4v) is 3.95. The summed E-state index contributed by atoms with van der Waals surface area (Å²) in [5.41, 5.74) is 2.40. The van der Waals surface area contributed by atoms with Crippen LogP contribution in [0, 0.1) is 11.6 Å². The molecule has 0 bridgehead atoms. The second-order valence-corrected chi connectivity index (χ2v) is 7.19. The lowest BCUT2D eigenvalue weighted by Crippen LogP contribution is -2.40. The van der Waals surface area contributed by atoms with E-state index in [4.69, 9.17) is 0 Å². The summed E-state index contributed by atoms with van der Waals surface area (Å²) >= 11 is 1.54. The van der Waals surface area contributed by atoms with Crippen molar-refractivity contribution in [1.29, 1.82) is 0 Å². The van der Waals surface area contributed by atoms with E-state index in [2.05, 4.69) is 15.0 Å². The molecule has 3 aromatic heterocycles. The van der Waals surface area contributed by atoms with E-state index in [-0.39, 0.29) is 11.6 Å². The van der Waals surface area contributed by atoms with Gasteiger partial charge in [-0.05, 0) is 12.8 Å². The van der Waals surface area contributed by atoms with E-state index in [1.54, 1.807) is 27.9 Å². The lowest BCUT2D eigenvalue weighted by atomic mass is 9.96. The van der Waals surface area contributed by atoms with E-state index in [0.29, 0.717) is 25.7 Å². The normalized spacial score (nSPS) is 17.3. The molecule has 1 aliphatic rings. The van der Waals surface area contributed by atoms with Crippen LogP contribution in [0.4, 0.5) is 8.78 Å². The molecule has 140 valence electrons. The van der Waals surface area contributed by atoms with E-state index in [1.165, 1.54) is 0 Å². The van der Waals surface area contributed by atoms with Crippen molar-refractivity contribution in [3.63, 3.8) is 0 Å². The number of thiazole rings is 1. The molecule has 3 aromatic rings. The fraction of sp³-hybridized carbons (Fsp3) is 0.333. The Bertz CT molecular complexity index is 943. The zero-order chi connectivity index (χ0) is 18.8. The highest BCUT2D eigenvalue weighted by Crippen LogP contribution is 2.27. The Morgan fingerprint density at radius 1 is 1.30 bits per heavy atom. The predicted molar refractivity (Wildman–Crippen MR) is 95.5 cm³/mol. The minimum atomic E-state index is -0.938. The number of carbonyl (C=O) groups is 1. The lowest BCUT2D eigenvalue weighted by molar-refractivity contribution is 0.0692. The van der Waals surface area contributed by atoms with E-state index in [1.807, 2.05) is 16.1 Å². The topological polar surface area (TPSA) is 63.9 Å². The van der Waals surface area contributed by atoms with Crippen LogP contribution in [0.2, 0.25) is 0 Å². The van der Waals surface area contributed by atoms with Gasteiger partial charge in [0, 0.05) is 42.8 Å². The van der Waals surface area contributed by atoms with Gasteiger partial charge in [-0.2, -0.15) is 0 Å². The van der Waals surface area contributed by atoms with Gasteiger partial charge in [-0.25, -0.2) is 23.7 Å². The van der Waals surface area contributed by atoms with Crippen LogP contribution in [0.1, 0.15) is 40.8 Å². The van der Waals surface area contributed by atoms with Gasteiger partial charge in [-0.15, -0.1) is 11.3 Å². The molecule has 1 saturated heterocycles. The second kappa shape index (κ2) is 7.51. The highest BCUT2D eigenvalue weighted by Gasteiger charge is 2.30. The van der Waals surface area contributed by atoms with Crippen molar-refractivity contribution >= 4 is 17.2 Å². The zero-order valence-electron chi connectivity index (χ0n) is 14.4. The first-order chi connectivity index (χ1) is 13.1. The Morgan fingerprint density at radius 2 is 2.19 bits per heavy atom. The van der Waals surface area contributed by atoms with Crippen LogP contribution in [0.15, 0.2) is 35.5 Å². The number of imidazole rings is 1. The van der Waals surface area contributed by atoms with Gasteiger partial charge in [0.05, 0.1) is 23.9 Å². The number of aromatic nitrogens is 4. The number of hydrogen-bond donors (Lipinski definition) is 0. The minimum Gasteiger partial charge on any atom is -0.336 e. The molecule has 0 saturated carbocycles. The van der Waals surface area contributed by atoms with Crippen LogP contribution in [0.25, 0.3) is 0 Å². The Labute approximate surface area is 158 Å². The van der Waals surface area contributed by atoms with Crippen molar-refractivity contribution in [3.05, 3.63) is 64.4 Å². The van der Waals surface area contributed by atoms with E-state index >= 15 is 0 Å². The summed E-state index contributed by atoms with van der Waals surface area (Å²) in [6, 6.07) is 0.683. The smallest absolute Gasteiger partial charge is 0.275 e. The minimum absolute atomic E-state index is 0.0415. The summed E-state index contributed by atoms with van der Waals surface area (Å²) < 4.78 is 29.0. The van der Waals surface area contributed by atoms with Gasteiger partial charge < -0.3 is 9.47 Å². The number of likely N-dealkylation sites (tertiary alicyclic amines) is 1. The number of piperidine rings is 1. The van der Waals surface area contributed by atoms with Crippen molar-refractivity contribution in [1.82, 2.24) is 24.4 Å². The van der Waals surface area contributed by atoms with Crippen LogP contribution < -0.4 is 0 Å². The molecule has 0 unspecified atom stereocenters. The summed E-state index contributed by atoms with van der Waals surface area (Å²) in [6.07, 6.45) is 6.17. The predicted octanol–water partition coefficient (Wildman–Crippen LogP) is 3.08. The number of halogens is 2. The molecule has 4 rings (SSSR count). The number of hydrogen-bond acceptors (Lipinski definition) is 5. The molecule has 6 nitrogen and oxygen atoms in total. The molecule has 0 spiro atoms. The SMILES string of the molecule is O=C(c1ncc(F)cc1F)N1CCC[C@@H](c2nccn2Cc2cscn2)C1. The maximum Gasteiger partial charge on any atom is 0.275 e. The Hall–Kier alpha value is -2.68. The number of carbonyl (C=O) groups excluding carboxylic acids is 1. The quantitative estimate of drug-likeness (QED) is 0.688. The van der Waals surface area contributed by atoms with Crippen LogP contribution in [-0.4, -0.2) is 43.4 Å². The molecule has 0 aromatic carbocycles. The molecule has 0 aliphatic carbocycles. The van der Waals surface area contributed by atoms with Crippen LogP contribution in [0.5, 0.6) is 0 Å². The Morgan fingerprint density at radius 3 is 2.96 bits per heavy atom. The van der Waals surface area contributed by atoms with Crippen molar-refractivity contribution in [3.8, 4) is 0 Å². The number of pyridine rings is 1. The van der Waals surface area contributed by atoms with Gasteiger partial charge >= 0.3 is 0 Å². The van der Waals surface area contributed by atoms with Crippen LogP contribution in [-0.2, 0) is 6.54 Å². The number of nitrogens with zero attached hydrogens (tertiary/aromatic N) is 5. The van der Waals surface area contributed by atoms with Gasteiger partial charge in [-0.1, -0.05) is 0 Å². The number of amides is 1. The van der Waals surface area contributed by atoms with Crippen molar-refractivity contribution in [2.75, 3.05) is 13.1 Å². The standard InChI is InChI=1S/C18H17F2N5OS/c19-13-6-15(20)16(22-7-13)18(26)25-4-1-2-12(8-25)17-21-3-5-24(17)9-14-10-27-11-23-14/h3,5-7,10-12H,1-2,4,8-9H2/t12-/m1/s1. The number of rotatable bonds is 4. The molecule has 1 fully saturated rings. The molecule has 4 heterocycles. The first-order valence-corrected chi connectivity index (χ1v) is 9.54. The maximum absolute atomic E-state index is 13.9. The fourth-order valence-electron chi connectivity index (χ4n) is 3.40. The Kier molecular flexibility index (Phi) is 4.93. The highest BCUT2D eigenvalue weighted by molar-refractivity contribution is 7.07. The molecule has 1 aliphatic heterocycles. The molecule has 9 heteroatoms. The summed E-state index contributed by atoms with van der Waals surface area (Å²) in [5.74, 6) is -1.33. The third-order valence-corrected chi connectivity index (χ3v) is 5.28. The molecule has 0 N–H and O–H groups in total. The monoisotopic (exact) mass is 389 g/mol. The summed E-state index contributed by atoms with van der Waals surface area (Å²) in [4.78, 5) is 26.6. The van der Waals surface area contributed by atoms with Crippen molar-refractivity contribution in [2.24, 2.45) is 0 Å². The third-order valence-electron chi connectivity index (χ3n) is 4.65. The molecule has 1 atom stereocenters. The summed E-state index contributed by atoms with van der Waals surface area (Å²) in [5, 5.41) is 1.99. The van der Waals surface area contributed by atoms with E-state index < -0.39 is 17.5 Å². The van der Waals surface area contributed by atoms with Gasteiger partial charge in [0.1, 0.15) is 11.6 Å². The largest absolute Gasteiger partial charge is 0.336 e. The van der Waals surface area contributed by atoms with Crippen LogP contribution >= 0.6 is 11.3 Å². The van der Waals surface area contributed by atoms with Crippen molar-refractivity contribution < 1.29 is 13.6 Å². The second-order valence-electron chi connectivity index (χ2n) is 6.47. The van der Waals surface area contributed by atoms with Gasteiger partial charge in [0.25, 0.3) is 5.91 Å². The van der Waals surface area contributed by atoms with Crippen molar-refractivity contribution in [2.45, 2.75) is 25.3 Å². The molecule has 27 heavy (non-hydrogen) atoms. The van der Waals surface area contributed by atoms with E-state index in [9.17, 15) is 13.6 Å². The molecule has 0 radical (unpaired) electrons. The molecule has 1 amide bonds. The van der Waals surface area contributed by atoms with E-state index in [0.717, 1.165) is 30.6 Å². The lowest BCUT2D eigenvalue weighted by Gasteiger charge is -2.32. The highest BCUT2D eigenvalue weighted by atomic mass is 32.1.